The minimum Gasteiger partial charge on any atom is -0.395 e. The first-order valence-corrected chi connectivity index (χ1v) is 8.01. The highest BCUT2D eigenvalue weighted by Crippen LogP contribution is 2.39. The van der Waals surface area contributed by atoms with E-state index in [0.717, 1.165) is 6.92 Å². The second kappa shape index (κ2) is 7.05. The van der Waals surface area contributed by atoms with Crippen molar-refractivity contribution in [3.63, 3.8) is 0 Å². The molecule has 0 aromatic rings. The second-order valence-electron chi connectivity index (χ2n) is 6.93. The van der Waals surface area contributed by atoms with Crippen molar-refractivity contribution in [3.05, 3.63) is 0 Å². The molecule has 1 heterocycles. The number of aliphatic hydroxyl groups is 4. The predicted octanol–water partition coefficient (Wildman–Crippen LogP) is 0.207. The van der Waals surface area contributed by atoms with E-state index in [1.54, 1.807) is 4.90 Å². The van der Waals surface area contributed by atoms with Crippen LogP contribution in [0.4, 0.5) is 8.78 Å². The van der Waals surface area contributed by atoms with E-state index in [1.807, 2.05) is 0 Å². The summed E-state index contributed by atoms with van der Waals surface area (Å²) >= 11 is 0. The van der Waals surface area contributed by atoms with Crippen LogP contribution in [0.1, 0.15) is 32.6 Å². The van der Waals surface area contributed by atoms with Crippen LogP contribution in [-0.2, 0) is 0 Å². The molecule has 0 radical (unpaired) electrons. The molecule has 1 saturated heterocycles. The van der Waals surface area contributed by atoms with Gasteiger partial charge < -0.3 is 20.4 Å². The van der Waals surface area contributed by atoms with E-state index in [2.05, 4.69) is 0 Å². The third-order valence-electron chi connectivity index (χ3n) is 5.27. The van der Waals surface area contributed by atoms with Gasteiger partial charge in [0.25, 0.3) is 0 Å². The van der Waals surface area contributed by atoms with Crippen molar-refractivity contribution in [2.75, 3.05) is 19.7 Å². The Hall–Kier alpha value is -0.340. The van der Waals surface area contributed by atoms with Gasteiger partial charge in [-0.3, -0.25) is 4.90 Å². The maximum absolute atomic E-state index is 13.3. The average molecular weight is 323 g/mol. The van der Waals surface area contributed by atoms with Crippen molar-refractivity contribution in [1.82, 2.24) is 4.90 Å². The van der Waals surface area contributed by atoms with Crippen LogP contribution < -0.4 is 0 Å². The van der Waals surface area contributed by atoms with Gasteiger partial charge in [-0.2, -0.15) is 0 Å². The van der Waals surface area contributed by atoms with E-state index in [1.165, 1.54) is 0 Å². The number of β-amino-alcohol motifs (C(OH)–C–C–N with tert-alkyl or cyclic N) is 1. The molecule has 0 spiro atoms. The lowest BCUT2D eigenvalue weighted by atomic mass is 9.78. The molecule has 4 N–H and O–H groups in total. The first kappa shape index (κ1) is 18.0. The summed E-state index contributed by atoms with van der Waals surface area (Å²) in [4.78, 5) is 1.77. The monoisotopic (exact) mass is 323 g/mol. The smallest absolute Gasteiger partial charge is 0.248 e. The fourth-order valence-corrected chi connectivity index (χ4v) is 3.77. The van der Waals surface area contributed by atoms with Crippen LogP contribution in [0.3, 0.4) is 0 Å². The largest absolute Gasteiger partial charge is 0.395 e. The number of likely N-dealkylation sites (tertiary alicyclic amines) is 1. The lowest BCUT2D eigenvalue weighted by Gasteiger charge is -2.45. The molecule has 7 heteroatoms. The highest BCUT2D eigenvalue weighted by atomic mass is 19.3. The fraction of sp³-hybridized carbons (Fsp3) is 1.00. The Morgan fingerprint density at radius 2 is 1.64 bits per heavy atom. The first-order valence-electron chi connectivity index (χ1n) is 8.01. The fourth-order valence-electron chi connectivity index (χ4n) is 3.77. The molecule has 4 atom stereocenters. The summed E-state index contributed by atoms with van der Waals surface area (Å²) in [5.74, 6) is -3.00. The van der Waals surface area contributed by atoms with Crippen molar-refractivity contribution in [2.24, 2.45) is 11.8 Å². The molecule has 0 aromatic carbocycles. The van der Waals surface area contributed by atoms with Gasteiger partial charge in [0.05, 0.1) is 18.8 Å². The van der Waals surface area contributed by atoms with Gasteiger partial charge in [0.1, 0.15) is 12.2 Å². The van der Waals surface area contributed by atoms with Crippen molar-refractivity contribution >= 4 is 0 Å². The van der Waals surface area contributed by atoms with Crippen LogP contribution in [0.2, 0.25) is 0 Å². The Balaban J connectivity index is 1.90. The Bertz CT molecular complexity index is 358. The van der Waals surface area contributed by atoms with Crippen molar-refractivity contribution in [1.29, 1.82) is 0 Å². The maximum atomic E-state index is 13.3. The van der Waals surface area contributed by atoms with E-state index in [-0.39, 0.29) is 19.1 Å². The van der Waals surface area contributed by atoms with E-state index >= 15 is 0 Å². The number of hydrogen-bond acceptors (Lipinski definition) is 5. The molecule has 130 valence electrons. The number of aliphatic hydroxyl groups excluding tert-OH is 4. The minimum absolute atomic E-state index is 0.174. The molecular weight excluding hydrogens is 296 g/mol. The minimum atomic E-state index is -2.64. The summed E-state index contributed by atoms with van der Waals surface area (Å²) in [7, 11) is 0. The van der Waals surface area contributed by atoms with E-state index in [9.17, 15) is 29.2 Å². The molecule has 0 amide bonds. The van der Waals surface area contributed by atoms with Gasteiger partial charge in [0, 0.05) is 19.0 Å². The highest BCUT2D eigenvalue weighted by molar-refractivity contribution is 4.95. The normalized spacial score (nSPS) is 41.6. The molecule has 2 fully saturated rings. The van der Waals surface area contributed by atoms with Crippen molar-refractivity contribution in [3.8, 4) is 0 Å². The number of piperidine rings is 1. The predicted molar refractivity (Wildman–Crippen MR) is 76.5 cm³/mol. The summed E-state index contributed by atoms with van der Waals surface area (Å²) < 4.78 is 26.6. The third-order valence-corrected chi connectivity index (χ3v) is 5.27. The van der Waals surface area contributed by atoms with E-state index < -0.39 is 36.2 Å². The second-order valence-corrected chi connectivity index (χ2v) is 6.93. The van der Waals surface area contributed by atoms with Crippen LogP contribution in [-0.4, -0.2) is 75.3 Å². The number of nitrogens with zero attached hydrogens (tertiary/aromatic N) is 1. The zero-order valence-corrected chi connectivity index (χ0v) is 12.9. The van der Waals surface area contributed by atoms with Crippen LogP contribution in [0.5, 0.6) is 0 Å². The molecule has 0 unspecified atom stereocenters. The van der Waals surface area contributed by atoms with Crippen LogP contribution >= 0.6 is 0 Å². The molecular formula is C15H27F2NO4. The van der Waals surface area contributed by atoms with Crippen molar-refractivity contribution in [2.45, 2.75) is 62.9 Å². The quantitative estimate of drug-likeness (QED) is 0.594. The van der Waals surface area contributed by atoms with Gasteiger partial charge in [0.15, 0.2) is 0 Å². The summed E-state index contributed by atoms with van der Waals surface area (Å²) in [6, 6.07) is -0.622. The number of hydrogen-bond donors (Lipinski definition) is 4. The topological polar surface area (TPSA) is 84.2 Å². The Morgan fingerprint density at radius 1 is 1.05 bits per heavy atom. The van der Waals surface area contributed by atoms with E-state index in [0.29, 0.717) is 32.2 Å². The maximum Gasteiger partial charge on any atom is 0.248 e. The van der Waals surface area contributed by atoms with Crippen LogP contribution in [0.15, 0.2) is 0 Å². The lowest BCUT2D eigenvalue weighted by molar-refractivity contribution is -0.148. The average Bonchev–Trinajstić information content (AvgIpc) is 2.45. The molecule has 0 bridgehead atoms. The van der Waals surface area contributed by atoms with Gasteiger partial charge in [-0.15, -0.1) is 0 Å². The molecule has 1 aliphatic carbocycles. The molecule has 2 aliphatic rings. The van der Waals surface area contributed by atoms with E-state index in [4.69, 9.17) is 0 Å². The Kier molecular flexibility index (Phi) is 5.77. The number of halogens is 2. The molecule has 22 heavy (non-hydrogen) atoms. The van der Waals surface area contributed by atoms with Crippen LogP contribution in [0.25, 0.3) is 0 Å². The van der Waals surface area contributed by atoms with Crippen LogP contribution in [0, 0.1) is 11.8 Å². The third kappa shape index (κ3) is 3.94. The summed E-state index contributed by atoms with van der Waals surface area (Å²) in [6.45, 7) is 1.37. The van der Waals surface area contributed by atoms with Gasteiger partial charge >= 0.3 is 0 Å². The van der Waals surface area contributed by atoms with Gasteiger partial charge in [-0.1, -0.05) is 0 Å². The zero-order chi connectivity index (χ0) is 16.5. The molecule has 1 saturated carbocycles. The lowest BCUT2D eigenvalue weighted by Crippen LogP contribution is -2.63. The first-order chi connectivity index (χ1) is 10.2. The molecule has 2 rings (SSSR count). The van der Waals surface area contributed by atoms with Gasteiger partial charge in [0.2, 0.25) is 5.92 Å². The number of alkyl halides is 2. The summed E-state index contributed by atoms with van der Waals surface area (Å²) in [5, 5.41) is 38.8. The highest BCUT2D eigenvalue weighted by Gasteiger charge is 2.42. The van der Waals surface area contributed by atoms with Gasteiger partial charge in [-0.05, 0) is 38.5 Å². The molecule has 5 nitrogen and oxygen atoms in total. The zero-order valence-electron chi connectivity index (χ0n) is 12.9. The van der Waals surface area contributed by atoms with Crippen molar-refractivity contribution < 1.29 is 29.2 Å². The number of rotatable bonds is 4. The SMILES string of the molecule is CC(F)(F)[C@H]1CC[C@@H](CN2C[C@H](O)[C@@H](O)[C@H](O)[C@@H]2CO)CC1. The van der Waals surface area contributed by atoms with Gasteiger partial charge in [-0.25, -0.2) is 8.78 Å². The Labute approximate surface area is 129 Å². The summed E-state index contributed by atoms with van der Waals surface area (Å²) in [6.07, 6.45) is -1.23. The summed E-state index contributed by atoms with van der Waals surface area (Å²) in [5.41, 5.74) is 0. The Morgan fingerprint density at radius 3 is 2.14 bits per heavy atom. The molecule has 1 aliphatic heterocycles. The standard InChI is InChI=1S/C15H27F2NO4/c1-15(16,17)10-4-2-9(3-5-10)6-18-7-12(20)14(22)13(21)11(18)8-19/h9-14,19-22H,2-8H2,1H3/t9-,10+,11-,12-,13+,14+/m0/s1. The molecule has 0 aromatic heterocycles.